The smallest absolute Gasteiger partial charge is 0.335 e. The summed E-state index contributed by atoms with van der Waals surface area (Å²) in [5.41, 5.74) is 3.27. The van der Waals surface area contributed by atoms with Crippen molar-refractivity contribution in [2.45, 2.75) is 24.5 Å². The number of hydrogen-bond acceptors (Lipinski definition) is 3. The van der Waals surface area contributed by atoms with E-state index in [0.29, 0.717) is 5.56 Å². The molecule has 0 radical (unpaired) electrons. The fourth-order valence-electron chi connectivity index (χ4n) is 1.88. The number of carboxylic acid groups (broad SMARTS) is 1. The second kappa shape index (κ2) is 5.48. The number of benzene rings is 1. The van der Waals surface area contributed by atoms with E-state index >= 15 is 0 Å². The van der Waals surface area contributed by atoms with Gasteiger partial charge in [0.25, 0.3) is 0 Å². The zero-order valence-electron chi connectivity index (χ0n) is 11.2. The zero-order valence-corrected chi connectivity index (χ0v) is 12.0. The molecule has 0 saturated heterocycles. The Kier molecular flexibility index (Phi) is 3.95. The first kappa shape index (κ1) is 13.7. The predicted molar refractivity (Wildman–Crippen MR) is 75.6 cm³/mol. The first-order chi connectivity index (χ1) is 8.97. The Morgan fingerprint density at radius 3 is 2.68 bits per heavy atom. The van der Waals surface area contributed by atoms with Crippen molar-refractivity contribution in [1.29, 1.82) is 0 Å². The lowest BCUT2D eigenvalue weighted by molar-refractivity contribution is 0.0696. The van der Waals surface area contributed by atoms with Crippen molar-refractivity contribution in [3.63, 3.8) is 0 Å². The first-order valence-electron chi connectivity index (χ1n) is 5.93. The third kappa shape index (κ3) is 3.17. The number of aryl methyl sites for hydroxylation is 3. The van der Waals surface area contributed by atoms with Gasteiger partial charge in [0.2, 0.25) is 0 Å². The molecule has 0 aliphatic heterocycles. The molecule has 1 N–H and O–H groups in total. The molecule has 0 spiro atoms. The molecule has 4 nitrogen and oxygen atoms in total. The first-order valence-corrected chi connectivity index (χ1v) is 6.92. The summed E-state index contributed by atoms with van der Waals surface area (Å²) in [5.74, 6) is -0.101. The van der Waals surface area contributed by atoms with Crippen molar-refractivity contribution in [3.05, 3.63) is 46.8 Å². The van der Waals surface area contributed by atoms with Crippen molar-refractivity contribution in [2.24, 2.45) is 7.05 Å². The largest absolute Gasteiger partial charge is 0.478 e. The maximum Gasteiger partial charge on any atom is 0.335 e. The van der Waals surface area contributed by atoms with E-state index in [1.165, 1.54) is 0 Å². The van der Waals surface area contributed by atoms with Crippen molar-refractivity contribution in [2.75, 3.05) is 0 Å². The number of aromatic carboxylic acids is 1. The maximum absolute atomic E-state index is 11.1. The number of hydrogen-bond donors (Lipinski definition) is 1. The minimum Gasteiger partial charge on any atom is -0.478 e. The molecular formula is C14H16N2O2S. The quantitative estimate of drug-likeness (QED) is 0.872. The van der Waals surface area contributed by atoms with Crippen molar-refractivity contribution in [1.82, 2.24) is 9.78 Å². The van der Waals surface area contributed by atoms with Gasteiger partial charge in [-0.3, -0.25) is 4.68 Å². The van der Waals surface area contributed by atoms with Crippen LogP contribution < -0.4 is 0 Å². The summed E-state index contributed by atoms with van der Waals surface area (Å²) in [6.07, 6.45) is 0. The van der Waals surface area contributed by atoms with Gasteiger partial charge < -0.3 is 5.11 Å². The van der Waals surface area contributed by atoms with Gasteiger partial charge in [0, 0.05) is 23.4 Å². The lowest BCUT2D eigenvalue weighted by atomic mass is 10.1. The number of carboxylic acids is 1. The summed E-state index contributed by atoms with van der Waals surface area (Å²) >= 11 is 1.62. The number of rotatable bonds is 4. The highest BCUT2D eigenvalue weighted by atomic mass is 32.2. The van der Waals surface area contributed by atoms with E-state index in [2.05, 4.69) is 5.10 Å². The molecule has 0 bridgehead atoms. The molecule has 0 atom stereocenters. The van der Waals surface area contributed by atoms with Crippen molar-refractivity contribution < 1.29 is 9.90 Å². The van der Waals surface area contributed by atoms with Crippen LogP contribution in [0.1, 0.15) is 27.3 Å². The molecule has 0 fully saturated rings. The average Bonchev–Trinajstić information content (AvgIpc) is 2.66. The molecular weight excluding hydrogens is 260 g/mol. The van der Waals surface area contributed by atoms with E-state index in [9.17, 15) is 4.79 Å². The van der Waals surface area contributed by atoms with Gasteiger partial charge in [-0.2, -0.15) is 5.10 Å². The normalized spacial score (nSPS) is 10.7. The van der Waals surface area contributed by atoms with Gasteiger partial charge in [-0.1, -0.05) is 6.07 Å². The molecule has 5 heteroatoms. The summed E-state index contributed by atoms with van der Waals surface area (Å²) in [6, 6.07) is 7.57. The molecule has 0 unspecified atom stereocenters. The zero-order chi connectivity index (χ0) is 14.0. The summed E-state index contributed by atoms with van der Waals surface area (Å²) < 4.78 is 1.86. The SMILES string of the molecule is Cc1cc(CSc2ccc(C)c(C(=O)O)c2)n(C)n1. The molecule has 2 rings (SSSR count). The molecule has 19 heavy (non-hydrogen) atoms. The van der Waals surface area contributed by atoms with E-state index in [-0.39, 0.29) is 0 Å². The highest BCUT2D eigenvalue weighted by Crippen LogP contribution is 2.25. The van der Waals surface area contributed by atoms with Crippen LogP contribution in [0, 0.1) is 13.8 Å². The lowest BCUT2D eigenvalue weighted by Crippen LogP contribution is -2.00. The van der Waals surface area contributed by atoms with E-state index in [4.69, 9.17) is 5.11 Å². The topological polar surface area (TPSA) is 55.1 Å². The third-order valence-electron chi connectivity index (χ3n) is 2.93. The highest BCUT2D eigenvalue weighted by molar-refractivity contribution is 7.98. The Morgan fingerprint density at radius 1 is 1.37 bits per heavy atom. The van der Waals surface area contributed by atoms with Crippen LogP contribution in [0.15, 0.2) is 29.2 Å². The van der Waals surface area contributed by atoms with Gasteiger partial charge in [0.1, 0.15) is 0 Å². The Labute approximate surface area is 116 Å². The number of nitrogens with zero attached hydrogens (tertiary/aromatic N) is 2. The predicted octanol–water partition coefficient (Wildman–Crippen LogP) is 3.03. The minimum atomic E-state index is -0.878. The van der Waals surface area contributed by atoms with Crippen LogP contribution in [-0.2, 0) is 12.8 Å². The molecule has 0 saturated carbocycles. The average molecular weight is 276 g/mol. The fraction of sp³-hybridized carbons (Fsp3) is 0.286. The van der Waals surface area contributed by atoms with Crippen molar-refractivity contribution >= 4 is 17.7 Å². The van der Waals surface area contributed by atoms with Gasteiger partial charge in [-0.25, -0.2) is 4.79 Å². The molecule has 1 heterocycles. The summed E-state index contributed by atoms with van der Waals surface area (Å²) in [6.45, 7) is 3.77. The van der Waals surface area contributed by atoms with Crippen LogP contribution in [0.4, 0.5) is 0 Å². The van der Waals surface area contributed by atoms with E-state index in [1.54, 1.807) is 17.8 Å². The van der Waals surface area contributed by atoms with Crippen LogP contribution in [0.25, 0.3) is 0 Å². The highest BCUT2D eigenvalue weighted by Gasteiger charge is 2.09. The monoisotopic (exact) mass is 276 g/mol. The number of aromatic nitrogens is 2. The molecule has 1 aromatic heterocycles. The summed E-state index contributed by atoms with van der Waals surface area (Å²) in [5, 5.41) is 13.4. The van der Waals surface area contributed by atoms with Crippen LogP contribution in [0.5, 0.6) is 0 Å². The fourth-order valence-corrected chi connectivity index (χ4v) is 2.83. The Hall–Kier alpha value is -1.75. The van der Waals surface area contributed by atoms with Crippen LogP contribution >= 0.6 is 11.8 Å². The molecule has 0 aliphatic carbocycles. The van der Waals surface area contributed by atoms with Crippen LogP contribution in [-0.4, -0.2) is 20.9 Å². The number of thioether (sulfide) groups is 1. The minimum absolute atomic E-state index is 0.367. The maximum atomic E-state index is 11.1. The third-order valence-corrected chi connectivity index (χ3v) is 3.95. The van der Waals surface area contributed by atoms with Gasteiger partial charge in [-0.05, 0) is 37.6 Å². The van der Waals surface area contributed by atoms with Gasteiger partial charge >= 0.3 is 5.97 Å². The summed E-state index contributed by atoms with van der Waals surface area (Å²) in [7, 11) is 1.92. The summed E-state index contributed by atoms with van der Waals surface area (Å²) in [4.78, 5) is 12.0. The van der Waals surface area contributed by atoms with E-state index in [1.807, 2.05) is 43.8 Å². The molecule has 0 amide bonds. The Morgan fingerprint density at radius 2 is 2.11 bits per heavy atom. The van der Waals surface area contributed by atoms with Crippen LogP contribution in [0.2, 0.25) is 0 Å². The molecule has 100 valence electrons. The van der Waals surface area contributed by atoms with Crippen LogP contribution in [0.3, 0.4) is 0 Å². The van der Waals surface area contributed by atoms with Gasteiger partial charge in [0.15, 0.2) is 0 Å². The second-order valence-corrected chi connectivity index (χ2v) is 5.52. The molecule has 1 aromatic carbocycles. The van der Waals surface area contributed by atoms with E-state index < -0.39 is 5.97 Å². The number of carbonyl (C=O) groups is 1. The lowest BCUT2D eigenvalue weighted by Gasteiger charge is -2.05. The van der Waals surface area contributed by atoms with Crippen molar-refractivity contribution in [3.8, 4) is 0 Å². The van der Waals surface area contributed by atoms with Gasteiger partial charge in [0.05, 0.1) is 11.3 Å². The second-order valence-electron chi connectivity index (χ2n) is 4.47. The Bertz CT molecular complexity index is 620. The van der Waals surface area contributed by atoms with Gasteiger partial charge in [-0.15, -0.1) is 11.8 Å². The molecule has 2 aromatic rings. The molecule has 0 aliphatic rings. The van der Waals surface area contributed by atoms with E-state index in [0.717, 1.165) is 27.6 Å². The standard InChI is InChI=1S/C14H16N2O2S/c1-9-4-5-12(7-13(9)14(17)18)19-8-11-6-10(2)15-16(11)3/h4-7H,8H2,1-3H3,(H,17,18). The Balaban J connectivity index is 2.14.